The van der Waals surface area contributed by atoms with Gasteiger partial charge in [0.2, 0.25) is 0 Å². The molecule has 176 valence electrons. The van der Waals surface area contributed by atoms with Gasteiger partial charge in [0.05, 0.1) is 12.3 Å². The van der Waals surface area contributed by atoms with Gasteiger partial charge >= 0.3 is 5.97 Å². The summed E-state index contributed by atoms with van der Waals surface area (Å²) in [6.45, 7) is 4.21. The van der Waals surface area contributed by atoms with Crippen LogP contribution < -0.4 is 16.2 Å². The number of phenolic OH excluding ortho intramolecular Hbond substituents is 1. The molecular weight excluding hydrogens is 430 g/mol. The van der Waals surface area contributed by atoms with Gasteiger partial charge in [0.25, 0.3) is 0 Å². The van der Waals surface area contributed by atoms with E-state index in [-0.39, 0.29) is 12.6 Å². The fourth-order valence-electron chi connectivity index (χ4n) is 4.23. The van der Waals surface area contributed by atoms with E-state index in [1.807, 2.05) is 50.2 Å². The van der Waals surface area contributed by atoms with E-state index >= 15 is 0 Å². The Hall–Kier alpha value is -4.00. The summed E-state index contributed by atoms with van der Waals surface area (Å²) in [4.78, 5) is 16.2. The van der Waals surface area contributed by atoms with Crippen molar-refractivity contribution in [3.63, 3.8) is 0 Å². The average Bonchev–Trinajstić information content (AvgIpc) is 2.81. The molecule has 0 radical (unpaired) electrons. The smallest absolute Gasteiger partial charge is 0.330 e. The summed E-state index contributed by atoms with van der Waals surface area (Å²) < 4.78 is 11.9. The molecule has 0 aliphatic carbocycles. The summed E-state index contributed by atoms with van der Waals surface area (Å²) >= 11 is 0. The molecule has 0 saturated heterocycles. The highest BCUT2D eigenvalue weighted by atomic mass is 16.5. The summed E-state index contributed by atoms with van der Waals surface area (Å²) in [5.74, 6) is 0.704. The van der Waals surface area contributed by atoms with E-state index in [0.717, 1.165) is 46.1 Å². The molecule has 7 nitrogen and oxygen atoms in total. The third kappa shape index (κ3) is 4.98. The number of ether oxygens (including phenoxy) is 2. The fourth-order valence-corrected chi connectivity index (χ4v) is 4.23. The molecule has 0 amide bonds. The molecule has 1 aliphatic heterocycles. The summed E-state index contributed by atoms with van der Waals surface area (Å²) in [5.41, 5.74) is 13.6. The summed E-state index contributed by atoms with van der Waals surface area (Å²) in [7, 11) is 0. The largest absolute Gasteiger partial charge is 0.507 e. The van der Waals surface area contributed by atoms with Crippen LogP contribution in [0.25, 0.3) is 16.8 Å². The molecule has 1 aliphatic rings. The van der Waals surface area contributed by atoms with Gasteiger partial charge in [-0.15, -0.1) is 0 Å². The highest BCUT2D eigenvalue weighted by molar-refractivity contribution is 5.96. The molecule has 3 aromatic carbocycles. The molecule has 4 rings (SSSR count). The number of benzene rings is 3. The van der Waals surface area contributed by atoms with Crippen LogP contribution in [0, 0.1) is 6.92 Å². The minimum absolute atomic E-state index is 0.00697. The normalized spacial score (nSPS) is 17.2. The second-order valence-corrected chi connectivity index (χ2v) is 8.76. The monoisotopic (exact) mass is 459 g/mol. The van der Waals surface area contributed by atoms with Crippen LogP contribution in [0.1, 0.15) is 36.5 Å². The highest BCUT2D eigenvalue weighted by Crippen LogP contribution is 2.45. The lowest BCUT2D eigenvalue weighted by Gasteiger charge is -2.37. The number of nitrogens with two attached hydrogens (primary N) is 2. The molecule has 0 saturated carbocycles. The van der Waals surface area contributed by atoms with Crippen LogP contribution in [-0.4, -0.2) is 29.2 Å². The number of nitrogens with zero attached hydrogens (tertiary/aromatic N) is 1. The fraction of sp³-hybridized carbons (Fsp3) is 0.259. The Kier molecular flexibility index (Phi) is 6.45. The van der Waals surface area contributed by atoms with E-state index in [1.165, 1.54) is 6.08 Å². The second kappa shape index (κ2) is 9.47. The predicted octanol–water partition coefficient (Wildman–Crippen LogP) is 4.49. The lowest BCUT2D eigenvalue weighted by molar-refractivity contribution is -0.138. The number of fused-ring (bicyclic) bond motifs is 3. The van der Waals surface area contributed by atoms with E-state index in [1.54, 1.807) is 18.2 Å². The maximum atomic E-state index is 12.2. The third-order valence-corrected chi connectivity index (χ3v) is 6.20. The van der Waals surface area contributed by atoms with Crippen molar-refractivity contribution in [2.45, 2.75) is 38.7 Å². The summed E-state index contributed by atoms with van der Waals surface area (Å²) in [6.07, 6.45) is 5.20. The quantitative estimate of drug-likeness (QED) is 0.216. The predicted molar refractivity (Wildman–Crippen MR) is 134 cm³/mol. The maximum absolute atomic E-state index is 12.2. The number of esters is 1. The first-order valence-corrected chi connectivity index (χ1v) is 11.2. The molecule has 0 bridgehead atoms. The molecule has 34 heavy (non-hydrogen) atoms. The Balaban J connectivity index is 1.37. The number of hydrogen-bond donors (Lipinski definition) is 3. The van der Waals surface area contributed by atoms with Crippen LogP contribution in [0.3, 0.4) is 0 Å². The van der Waals surface area contributed by atoms with Gasteiger partial charge in [-0.3, -0.25) is 0 Å². The Morgan fingerprint density at radius 3 is 2.59 bits per heavy atom. The number of aliphatic imine (C=N–C) groups is 1. The molecule has 1 unspecified atom stereocenters. The Bertz CT molecular complexity index is 1280. The van der Waals surface area contributed by atoms with Crippen LogP contribution in [0.15, 0.2) is 59.6 Å². The van der Waals surface area contributed by atoms with Crippen LogP contribution in [0.2, 0.25) is 0 Å². The van der Waals surface area contributed by atoms with Gasteiger partial charge in [0.1, 0.15) is 17.1 Å². The molecular formula is C27H29N3O4. The lowest BCUT2D eigenvalue weighted by atomic mass is 9.86. The molecule has 0 fully saturated rings. The van der Waals surface area contributed by atoms with E-state index < -0.39 is 11.6 Å². The topological polar surface area (TPSA) is 120 Å². The van der Waals surface area contributed by atoms with E-state index in [9.17, 15) is 9.90 Å². The highest BCUT2D eigenvalue weighted by Gasteiger charge is 2.34. The van der Waals surface area contributed by atoms with Crippen LogP contribution >= 0.6 is 0 Å². The van der Waals surface area contributed by atoms with Crippen molar-refractivity contribution in [1.82, 2.24) is 0 Å². The first kappa shape index (κ1) is 23.2. The van der Waals surface area contributed by atoms with Crippen LogP contribution in [0.5, 0.6) is 11.5 Å². The summed E-state index contributed by atoms with van der Waals surface area (Å²) in [5, 5.41) is 12.3. The van der Waals surface area contributed by atoms with Crippen molar-refractivity contribution in [3.8, 4) is 11.5 Å². The maximum Gasteiger partial charge on any atom is 0.330 e. The van der Waals surface area contributed by atoms with Crippen molar-refractivity contribution in [1.29, 1.82) is 0 Å². The van der Waals surface area contributed by atoms with Crippen molar-refractivity contribution >= 4 is 34.5 Å². The number of hydrogen-bond acceptors (Lipinski definition) is 5. The minimum atomic E-state index is -0.468. The molecule has 3 aromatic rings. The van der Waals surface area contributed by atoms with Crippen LogP contribution in [0.4, 0.5) is 5.69 Å². The van der Waals surface area contributed by atoms with E-state index in [0.29, 0.717) is 17.9 Å². The Morgan fingerprint density at radius 2 is 1.88 bits per heavy atom. The second-order valence-electron chi connectivity index (χ2n) is 8.76. The van der Waals surface area contributed by atoms with Crippen molar-refractivity contribution < 1.29 is 19.4 Å². The lowest BCUT2D eigenvalue weighted by Crippen LogP contribution is -2.38. The van der Waals surface area contributed by atoms with Gasteiger partial charge in [-0.1, -0.05) is 36.4 Å². The van der Waals surface area contributed by atoms with Gasteiger partial charge in [0, 0.05) is 28.8 Å². The number of guanidine groups is 1. The first-order chi connectivity index (χ1) is 16.3. The van der Waals surface area contributed by atoms with Gasteiger partial charge in [-0.2, -0.15) is 0 Å². The number of rotatable bonds is 6. The minimum Gasteiger partial charge on any atom is -0.507 e. The molecule has 0 spiro atoms. The average molecular weight is 460 g/mol. The van der Waals surface area contributed by atoms with Gasteiger partial charge in [-0.25, -0.2) is 9.79 Å². The zero-order valence-electron chi connectivity index (χ0n) is 19.4. The molecule has 5 N–H and O–H groups in total. The number of phenols is 1. The molecule has 0 aromatic heterocycles. The van der Waals surface area contributed by atoms with Crippen molar-refractivity contribution in [2.75, 3.05) is 6.61 Å². The standard InChI is InChI=1S/C27H29N3O4/c1-17-20-13-14-27(2,34-25(20)22-6-4-3-5-21(22)24(17)32)15-16-33-23(31)12-9-18-7-10-19(11-8-18)30-26(28)29/h3-12,32H,13-16H2,1-2H3,(H4,28,29,30). The molecule has 1 heterocycles. The van der Waals surface area contributed by atoms with Crippen molar-refractivity contribution in [3.05, 3.63) is 71.3 Å². The number of carbonyl (C=O) groups excluding carboxylic acids is 1. The van der Waals surface area contributed by atoms with Crippen LogP contribution in [-0.2, 0) is 16.0 Å². The van der Waals surface area contributed by atoms with Gasteiger partial charge in [-0.05, 0) is 56.0 Å². The van der Waals surface area contributed by atoms with E-state index in [2.05, 4.69) is 4.99 Å². The van der Waals surface area contributed by atoms with E-state index in [4.69, 9.17) is 20.9 Å². The zero-order valence-corrected chi connectivity index (χ0v) is 19.4. The number of aromatic hydroxyl groups is 1. The van der Waals surface area contributed by atoms with Crippen molar-refractivity contribution in [2.24, 2.45) is 16.5 Å². The Labute approximate surface area is 198 Å². The zero-order chi connectivity index (χ0) is 24.3. The van der Waals surface area contributed by atoms with Gasteiger partial charge < -0.3 is 26.0 Å². The molecule has 1 atom stereocenters. The Morgan fingerprint density at radius 1 is 1.18 bits per heavy atom. The first-order valence-electron chi connectivity index (χ1n) is 11.2. The number of carbonyl (C=O) groups is 1. The SMILES string of the molecule is Cc1c2c(c3ccccc3c1O)OC(C)(CCOC(=O)C=Cc1ccc(N=C(N)N)cc1)CC2. The molecule has 7 heteroatoms. The van der Waals surface area contributed by atoms with Gasteiger partial charge in [0.15, 0.2) is 5.96 Å². The summed E-state index contributed by atoms with van der Waals surface area (Å²) in [6, 6.07) is 14.8. The third-order valence-electron chi connectivity index (χ3n) is 6.20.